The number of hydrogen-bond acceptors (Lipinski definition) is 12. The van der Waals surface area contributed by atoms with Crippen LogP contribution < -0.4 is 0 Å². The predicted octanol–water partition coefficient (Wildman–Crippen LogP) is 1.26. The second kappa shape index (κ2) is 18.9. The zero-order valence-electron chi connectivity index (χ0n) is 23.4. The summed E-state index contributed by atoms with van der Waals surface area (Å²) in [6.45, 7) is 10.9. The van der Waals surface area contributed by atoms with E-state index in [1.807, 2.05) is 0 Å². The van der Waals surface area contributed by atoms with Crippen LogP contribution in [0.25, 0.3) is 0 Å². The molecule has 2 atom stereocenters. The summed E-state index contributed by atoms with van der Waals surface area (Å²) in [5.74, 6) is -1.76. The van der Waals surface area contributed by atoms with Gasteiger partial charge in [0.15, 0.2) is 0 Å². The highest BCUT2D eigenvalue weighted by molar-refractivity contribution is 9.10. The molecular weight excluding hydrogens is 572 g/mol. The highest BCUT2D eigenvalue weighted by Gasteiger charge is 2.40. The van der Waals surface area contributed by atoms with Gasteiger partial charge in [-0.1, -0.05) is 15.9 Å². The standard InChI is InChI=1S/C25H45BrO12/c1-23(2,3)20(29)37-17-25(6,18-38-21(30)24(4,5)26)22(31)36-14-13-34-10-9-32-7-8-33-11-12-35-16-19(28)15-27/h19,27-28H,7-18H2,1-6H3. The number of esters is 3. The first-order chi connectivity index (χ1) is 17.6. The van der Waals surface area contributed by atoms with Gasteiger partial charge in [0.25, 0.3) is 0 Å². The molecule has 0 rings (SSSR count). The molecule has 0 fully saturated rings. The Bertz CT molecular complexity index is 657. The number of carbonyl (C=O) groups is 3. The second-order valence-corrected chi connectivity index (χ2v) is 12.3. The van der Waals surface area contributed by atoms with Gasteiger partial charge in [-0.25, -0.2) is 0 Å². The van der Waals surface area contributed by atoms with Gasteiger partial charge in [0, 0.05) is 0 Å². The third kappa shape index (κ3) is 17.3. The molecule has 0 aliphatic rings. The number of alkyl halides is 1. The van der Waals surface area contributed by atoms with Gasteiger partial charge in [0.2, 0.25) is 0 Å². The minimum Gasteiger partial charge on any atom is -0.464 e. The maximum atomic E-state index is 12.8. The van der Waals surface area contributed by atoms with Crippen molar-refractivity contribution in [1.29, 1.82) is 0 Å². The van der Waals surface area contributed by atoms with Crippen LogP contribution >= 0.6 is 15.9 Å². The van der Waals surface area contributed by atoms with E-state index in [0.717, 1.165) is 0 Å². The molecule has 12 nitrogen and oxygen atoms in total. The first-order valence-corrected chi connectivity index (χ1v) is 13.2. The maximum absolute atomic E-state index is 12.8. The van der Waals surface area contributed by atoms with Gasteiger partial charge in [-0.15, -0.1) is 0 Å². The van der Waals surface area contributed by atoms with Crippen molar-refractivity contribution in [1.82, 2.24) is 0 Å². The average Bonchev–Trinajstić information content (AvgIpc) is 2.84. The highest BCUT2D eigenvalue weighted by Crippen LogP contribution is 2.25. The first-order valence-electron chi connectivity index (χ1n) is 12.4. The van der Waals surface area contributed by atoms with Crippen LogP contribution in [0.2, 0.25) is 0 Å². The summed E-state index contributed by atoms with van der Waals surface area (Å²) in [5.41, 5.74) is -2.16. The molecule has 0 radical (unpaired) electrons. The monoisotopic (exact) mass is 616 g/mol. The summed E-state index contributed by atoms with van der Waals surface area (Å²) in [6, 6.07) is 0. The molecule has 2 N–H and O–H groups in total. The van der Waals surface area contributed by atoms with Crippen molar-refractivity contribution in [2.75, 3.05) is 79.3 Å². The number of halogens is 1. The van der Waals surface area contributed by atoms with E-state index in [-0.39, 0.29) is 46.2 Å². The van der Waals surface area contributed by atoms with Gasteiger partial charge in [0.1, 0.15) is 35.7 Å². The third-order valence-corrected chi connectivity index (χ3v) is 5.06. The largest absolute Gasteiger partial charge is 0.464 e. The fraction of sp³-hybridized carbons (Fsp3) is 0.880. The lowest BCUT2D eigenvalue weighted by atomic mass is 9.92. The number of rotatable bonds is 21. The molecule has 13 heteroatoms. The summed E-state index contributed by atoms with van der Waals surface area (Å²) in [7, 11) is 0. The van der Waals surface area contributed by atoms with Gasteiger partial charge in [0.05, 0.1) is 64.9 Å². The lowest BCUT2D eigenvalue weighted by Gasteiger charge is -2.29. The molecule has 0 heterocycles. The van der Waals surface area contributed by atoms with Crippen LogP contribution in [-0.2, 0) is 47.5 Å². The van der Waals surface area contributed by atoms with Crippen LogP contribution in [0.5, 0.6) is 0 Å². The lowest BCUT2D eigenvalue weighted by molar-refractivity contribution is -0.174. The Kier molecular flexibility index (Phi) is 18.2. The van der Waals surface area contributed by atoms with Crippen LogP contribution in [0.15, 0.2) is 0 Å². The quantitative estimate of drug-likeness (QED) is 0.0824. The molecule has 0 bridgehead atoms. The van der Waals surface area contributed by atoms with E-state index in [1.165, 1.54) is 6.92 Å². The normalized spacial score (nSPS) is 14.4. The number of hydrogen-bond donors (Lipinski definition) is 2. The fourth-order valence-corrected chi connectivity index (χ4v) is 2.41. The molecule has 0 aliphatic heterocycles. The van der Waals surface area contributed by atoms with E-state index in [1.54, 1.807) is 34.6 Å². The molecule has 0 amide bonds. The molecule has 38 heavy (non-hydrogen) atoms. The van der Waals surface area contributed by atoms with Gasteiger partial charge < -0.3 is 43.4 Å². The average molecular weight is 618 g/mol. The smallest absolute Gasteiger partial charge is 0.322 e. The fourth-order valence-electron chi connectivity index (χ4n) is 2.30. The van der Waals surface area contributed by atoms with Crippen molar-refractivity contribution >= 4 is 33.8 Å². The molecule has 0 saturated heterocycles. The van der Waals surface area contributed by atoms with Crippen molar-refractivity contribution in [3.63, 3.8) is 0 Å². The number of aliphatic hydroxyl groups excluding tert-OH is 2. The number of ether oxygens (including phenoxy) is 7. The highest BCUT2D eigenvalue weighted by atomic mass is 79.9. The van der Waals surface area contributed by atoms with Gasteiger partial charge in [-0.3, -0.25) is 14.4 Å². The minimum absolute atomic E-state index is 0.0480. The Morgan fingerprint density at radius 1 is 0.658 bits per heavy atom. The van der Waals surface area contributed by atoms with E-state index >= 15 is 0 Å². The lowest BCUT2D eigenvalue weighted by Crippen LogP contribution is -2.43. The topological polar surface area (TPSA) is 156 Å². The van der Waals surface area contributed by atoms with Crippen molar-refractivity contribution in [3.8, 4) is 0 Å². The minimum atomic E-state index is -1.40. The van der Waals surface area contributed by atoms with E-state index < -0.39 is 39.2 Å². The summed E-state index contributed by atoms with van der Waals surface area (Å²) in [6.07, 6.45) is -0.888. The first kappa shape index (κ1) is 36.6. The number of aliphatic hydroxyl groups is 2. The van der Waals surface area contributed by atoms with E-state index in [9.17, 15) is 14.4 Å². The Balaban J connectivity index is 4.26. The summed E-state index contributed by atoms with van der Waals surface area (Å²) in [4.78, 5) is 37.2. The van der Waals surface area contributed by atoms with Crippen LogP contribution in [-0.4, -0.2) is 118 Å². The molecule has 0 aliphatic carbocycles. The van der Waals surface area contributed by atoms with Crippen LogP contribution in [0.1, 0.15) is 41.5 Å². The second-order valence-electron chi connectivity index (χ2n) is 10.3. The molecule has 0 spiro atoms. The summed E-state index contributed by atoms with van der Waals surface area (Å²) >= 11 is 3.21. The van der Waals surface area contributed by atoms with Gasteiger partial charge >= 0.3 is 17.9 Å². The predicted molar refractivity (Wildman–Crippen MR) is 140 cm³/mol. The molecule has 2 unspecified atom stereocenters. The summed E-state index contributed by atoms with van der Waals surface area (Å²) in [5, 5.41) is 17.8. The zero-order valence-corrected chi connectivity index (χ0v) is 25.0. The zero-order chi connectivity index (χ0) is 29.2. The third-order valence-electron chi connectivity index (χ3n) is 4.73. The van der Waals surface area contributed by atoms with Crippen molar-refractivity contribution < 1.29 is 57.8 Å². The summed E-state index contributed by atoms with van der Waals surface area (Å²) < 4.78 is 36.1. The number of carbonyl (C=O) groups excluding carboxylic acids is 3. The molecular formula is C25H45BrO12. The molecule has 0 aromatic carbocycles. The van der Waals surface area contributed by atoms with Crippen molar-refractivity contribution in [3.05, 3.63) is 0 Å². The van der Waals surface area contributed by atoms with Crippen LogP contribution in [0.3, 0.4) is 0 Å². The SMILES string of the molecule is CC(C)(C)C(=O)OCC(C)(COC(=O)C(C)(C)Br)C(=O)OCCOCCOCCOCCOCC(O)CO. The van der Waals surface area contributed by atoms with Crippen molar-refractivity contribution in [2.45, 2.75) is 52.0 Å². The van der Waals surface area contributed by atoms with Crippen LogP contribution in [0, 0.1) is 10.8 Å². The Morgan fingerprint density at radius 2 is 1.08 bits per heavy atom. The van der Waals surface area contributed by atoms with Gasteiger partial charge in [-0.05, 0) is 41.5 Å². The Hall–Kier alpha value is -1.35. The van der Waals surface area contributed by atoms with Crippen molar-refractivity contribution in [2.24, 2.45) is 10.8 Å². The molecule has 0 saturated carbocycles. The van der Waals surface area contributed by atoms with E-state index in [0.29, 0.717) is 33.0 Å². The Labute approximate surface area is 233 Å². The maximum Gasteiger partial charge on any atom is 0.322 e. The molecule has 0 aromatic heterocycles. The molecule has 0 aromatic rings. The van der Waals surface area contributed by atoms with Gasteiger partial charge in [-0.2, -0.15) is 0 Å². The van der Waals surface area contributed by atoms with E-state index in [2.05, 4.69) is 15.9 Å². The van der Waals surface area contributed by atoms with Crippen LogP contribution in [0.4, 0.5) is 0 Å². The Morgan fingerprint density at radius 3 is 1.50 bits per heavy atom. The molecule has 224 valence electrons. The van der Waals surface area contributed by atoms with E-state index in [4.69, 9.17) is 43.4 Å².